The van der Waals surface area contributed by atoms with E-state index < -0.39 is 12.7 Å². The van der Waals surface area contributed by atoms with Crippen molar-refractivity contribution in [1.82, 2.24) is 9.47 Å². The fourth-order valence-electron chi connectivity index (χ4n) is 2.31. The van der Waals surface area contributed by atoms with Gasteiger partial charge in [-0.3, -0.25) is 9.69 Å². The molecule has 0 saturated carbocycles. The maximum absolute atomic E-state index is 12.6. The summed E-state index contributed by atoms with van der Waals surface area (Å²) in [5.41, 5.74) is 1.60. The van der Waals surface area contributed by atoms with E-state index in [1.54, 1.807) is 26.0 Å². The van der Waals surface area contributed by atoms with Crippen molar-refractivity contribution in [3.05, 3.63) is 27.9 Å². The van der Waals surface area contributed by atoms with Gasteiger partial charge in [0.15, 0.2) is 0 Å². The molecular weight excluding hydrogens is 333 g/mol. The van der Waals surface area contributed by atoms with Crippen LogP contribution in [0.3, 0.4) is 0 Å². The Kier molecular flexibility index (Phi) is 4.72. The summed E-state index contributed by atoms with van der Waals surface area (Å²) < 4.78 is 39.5. The lowest BCUT2D eigenvalue weighted by Gasteiger charge is -2.12. The summed E-state index contributed by atoms with van der Waals surface area (Å²) in [6.45, 7) is 4.50. The smallest absolute Gasteiger partial charge is 0.340 e. The number of thioether (sulfide) groups is 1. The number of carbonyl (C=O) groups is 1. The van der Waals surface area contributed by atoms with E-state index in [1.165, 1.54) is 21.2 Å². The van der Waals surface area contributed by atoms with E-state index in [9.17, 15) is 18.0 Å². The molecule has 1 aliphatic rings. The molecule has 1 aromatic heterocycles. The van der Waals surface area contributed by atoms with Crippen LogP contribution in [0, 0.1) is 13.8 Å². The molecule has 1 fully saturated rings. The molecule has 120 valence electrons. The molecule has 1 aromatic rings. The van der Waals surface area contributed by atoms with Crippen LogP contribution >= 0.6 is 24.0 Å². The van der Waals surface area contributed by atoms with Crippen molar-refractivity contribution in [2.24, 2.45) is 0 Å². The van der Waals surface area contributed by atoms with Gasteiger partial charge in [-0.25, -0.2) is 0 Å². The van der Waals surface area contributed by atoms with Gasteiger partial charge in [-0.1, -0.05) is 24.0 Å². The second-order valence-corrected chi connectivity index (χ2v) is 6.63. The van der Waals surface area contributed by atoms with Gasteiger partial charge in [-0.2, -0.15) is 13.2 Å². The predicted octanol–water partition coefficient (Wildman–Crippen LogP) is 3.89. The minimum Gasteiger partial charge on any atom is -0.340 e. The van der Waals surface area contributed by atoms with Crippen LogP contribution in [0.1, 0.15) is 23.9 Å². The van der Waals surface area contributed by atoms with Crippen LogP contribution in [-0.2, 0) is 11.3 Å². The lowest BCUT2D eigenvalue weighted by Crippen LogP contribution is -2.27. The maximum Gasteiger partial charge on any atom is 0.406 e. The van der Waals surface area contributed by atoms with Gasteiger partial charge in [0.25, 0.3) is 5.91 Å². The zero-order valence-corrected chi connectivity index (χ0v) is 14.0. The fourth-order valence-corrected chi connectivity index (χ4v) is 3.69. The van der Waals surface area contributed by atoms with Gasteiger partial charge in [-0.05, 0) is 38.5 Å². The molecule has 1 aliphatic heterocycles. The molecule has 0 bridgehead atoms. The minimum absolute atomic E-state index is 0.196. The molecule has 0 N–H and O–H groups in total. The van der Waals surface area contributed by atoms with Crippen molar-refractivity contribution >= 4 is 40.3 Å². The Bertz CT molecular complexity index is 662. The normalized spacial score (nSPS) is 17.9. The van der Waals surface area contributed by atoms with E-state index in [2.05, 4.69) is 0 Å². The Labute approximate surface area is 136 Å². The van der Waals surface area contributed by atoms with Crippen LogP contribution < -0.4 is 0 Å². The van der Waals surface area contributed by atoms with E-state index in [0.717, 1.165) is 0 Å². The van der Waals surface area contributed by atoms with Crippen molar-refractivity contribution in [2.45, 2.75) is 33.5 Å². The lowest BCUT2D eigenvalue weighted by atomic mass is 10.2. The summed E-state index contributed by atoms with van der Waals surface area (Å²) in [6, 6.07) is 1.65. The summed E-state index contributed by atoms with van der Waals surface area (Å²) in [4.78, 5) is 14.1. The van der Waals surface area contributed by atoms with Crippen LogP contribution in [0.5, 0.6) is 0 Å². The van der Waals surface area contributed by atoms with Gasteiger partial charge in [0.2, 0.25) is 0 Å². The van der Waals surface area contributed by atoms with Crippen LogP contribution in [0.15, 0.2) is 11.0 Å². The molecule has 2 rings (SSSR count). The highest BCUT2D eigenvalue weighted by Gasteiger charge is 2.32. The first kappa shape index (κ1) is 17.1. The third-order valence-electron chi connectivity index (χ3n) is 3.43. The van der Waals surface area contributed by atoms with Crippen molar-refractivity contribution < 1.29 is 18.0 Å². The maximum atomic E-state index is 12.6. The van der Waals surface area contributed by atoms with Crippen molar-refractivity contribution in [3.8, 4) is 0 Å². The molecular formula is C14H15F3N2OS2. The van der Waals surface area contributed by atoms with Crippen LogP contribution in [0.25, 0.3) is 6.08 Å². The Morgan fingerprint density at radius 1 is 1.36 bits per heavy atom. The number of nitrogens with zero attached hydrogens (tertiary/aromatic N) is 2. The van der Waals surface area contributed by atoms with Crippen LogP contribution in [0.4, 0.5) is 13.2 Å². The largest absolute Gasteiger partial charge is 0.406 e. The molecule has 0 aromatic carbocycles. The second-order valence-electron chi connectivity index (χ2n) is 4.95. The molecule has 1 saturated heterocycles. The monoisotopic (exact) mass is 348 g/mol. The minimum atomic E-state index is -4.28. The standard InChI is InChI=1S/C14H15F3N2OS2/c1-4-18-12(20)11(22-13(18)21)6-10-5-8(2)19(9(10)3)7-14(15,16)17/h5-6H,4,7H2,1-3H3/b11-6+. The Morgan fingerprint density at radius 3 is 2.50 bits per heavy atom. The highest BCUT2D eigenvalue weighted by Crippen LogP contribution is 2.33. The summed E-state index contributed by atoms with van der Waals surface area (Å²) in [7, 11) is 0. The number of carbonyl (C=O) groups excluding carboxylic acids is 1. The summed E-state index contributed by atoms with van der Waals surface area (Å²) in [5.74, 6) is -0.196. The third-order valence-corrected chi connectivity index (χ3v) is 4.80. The van der Waals surface area contributed by atoms with Crippen molar-refractivity contribution in [3.63, 3.8) is 0 Å². The number of amides is 1. The number of alkyl halides is 3. The van der Waals surface area contributed by atoms with Crippen LogP contribution in [0.2, 0.25) is 0 Å². The zero-order valence-electron chi connectivity index (χ0n) is 12.3. The average molecular weight is 348 g/mol. The van der Waals surface area contributed by atoms with Gasteiger partial charge in [-0.15, -0.1) is 0 Å². The molecule has 1 amide bonds. The number of halogens is 3. The molecule has 0 radical (unpaired) electrons. The fraction of sp³-hybridized carbons (Fsp3) is 0.429. The van der Waals surface area contributed by atoms with E-state index >= 15 is 0 Å². The van der Waals surface area contributed by atoms with Gasteiger partial charge in [0.05, 0.1) is 4.91 Å². The van der Waals surface area contributed by atoms with E-state index in [-0.39, 0.29) is 5.91 Å². The number of hydrogen-bond acceptors (Lipinski definition) is 3. The first-order chi connectivity index (χ1) is 10.1. The highest BCUT2D eigenvalue weighted by atomic mass is 32.2. The first-order valence-electron chi connectivity index (χ1n) is 6.63. The molecule has 3 nitrogen and oxygen atoms in total. The quantitative estimate of drug-likeness (QED) is 0.612. The first-order valence-corrected chi connectivity index (χ1v) is 7.85. The average Bonchev–Trinajstić information content (AvgIpc) is 2.80. The van der Waals surface area contributed by atoms with E-state index in [0.29, 0.717) is 32.7 Å². The Morgan fingerprint density at radius 2 is 2.00 bits per heavy atom. The third kappa shape index (κ3) is 3.38. The van der Waals surface area contributed by atoms with Crippen LogP contribution in [-0.4, -0.2) is 32.4 Å². The van der Waals surface area contributed by atoms with Gasteiger partial charge in [0, 0.05) is 17.9 Å². The van der Waals surface area contributed by atoms with Crippen molar-refractivity contribution in [1.29, 1.82) is 0 Å². The molecule has 2 heterocycles. The Balaban J connectivity index is 2.36. The molecule has 0 unspecified atom stereocenters. The number of aryl methyl sites for hydroxylation is 1. The molecule has 0 spiro atoms. The summed E-state index contributed by atoms with van der Waals surface area (Å²) >= 11 is 6.29. The number of thiocarbonyl (C=S) groups is 1. The Hall–Kier alpha value is -1.28. The van der Waals surface area contributed by atoms with E-state index in [4.69, 9.17) is 12.2 Å². The molecule has 0 aliphatic carbocycles. The highest BCUT2D eigenvalue weighted by molar-refractivity contribution is 8.26. The predicted molar refractivity (Wildman–Crippen MR) is 85.5 cm³/mol. The molecule has 8 heteroatoms. The number of hydrogen-bond donors (Lipinski definition) is 0. The second kappa shape index (κ2) is 6.08. The number of aromatic nitrogens is 1. The number of rotatable bonds is 3. The van der Waals surface area contributed by atoms with Gasteiger partial charge in [0.1, 0.15) is 10.9 Å². The lowest BCUT2D eigenvalue weighted by molar-refractivity contribution is -0.141. The molecule has 22 heavy (non-hydrogen) atoms. The summed E-state index contributed by atoms with van der Waals surface area (Å²) in [5, 5.41) is 0. The molecule has 0 atom stereocenters. The zero-order chi connectivity index (χ0) is 16.7. The topological polar surface area (TPSA) is 25.2 Å². The number of likely N-dealkylation sites (N-methyl/N-ethyl adjacent to an activating group) is 1. The SMILES string of the molecule is CCN1C(=O)/C(=C\c2cc(C)n(CC(F)(F)F)c2C)SC1=S. The van der Waals surface area contributed by atoms with Crippen molar-refractivity contribution in [2.75, 3.05) is 6.54 Å². The van der Waals surface area contributed by atoms with Gasteiger partial charge < -0.3 is 4.57 Å². The summed E-state index contributed by atoms with van der Waals surface area (Å²) in [6.07, 6.45) is -2.67. The van der Waals surface area contributed by atoms with E-state index in [1.807, 2.05) is 6.92 Å². The van der Waals surface area contributed by atoms with Gasteiger partial charge >= 0.3 is 6.18 Å².